The van der Waals surface area contributed by atoms with Gasteiger partial charge in [0, 0.05) is 37.3 Å². The minimum atomic E-state index is -0.242. The van der Waals surface area contributed by atoms with Gasteiger partial charge in [-0.25, -0.2) is 4.39 Å². The predicted molar refractivity (Wildman–Crippen MR) is 129 cm³/mol. The van der Waals surface area contributed by atoms with Gasteiger partial charge in [-0.1, -0.05) is 24.3 Å². The first-order valence-corrected chi connectivity index (χ1v) is 11.4. The van der Waals surface area contributed by atoms with Gasteiger partial charge in [-0.3, -0.25) is 4.79 Å². The van der Waals surface area contributed by atoms with Gasteiger partial charge in [0.15, 0.2) is 11.5 Å². The number of carbonyl (C=O) groups excluding carboxylic acids is 1. The van der Waals surface area contributed by atoms with Crippen molar-refractivity contribution in [3.63, 3.8) is 0 Å². The molecule has 1 fully saturated rings. The summed E-state index contributed by atoms with van der Waals surface area (Å²) in [4.78, 5) is 17.0. The second-order valence-electron chi connectivity index (χ2n) is 7.93. The Kier molecular flexibility index (Phi) is 7.52. The number of hydrogen-bond donors (Lipinski definition) is 0. The molecule has 178 valence electrons. The molecule has 1 amide bonds. The number of amides is 1. The summed E-state index contributed by atoms with van der Waals surface area (Å²) in [5, 5.41) is 0. The van der Waals surface area contributed by atoms with Crippen molar-refractivity contribution in [2.75, 3.05) is 44.8 Å². The molecule has 0 spiro atoms. The Morgan fingerprint density at radius 2 is 1.59 bits per heavy atom. The number of benzene rings is 3. The summed E-state index contributed by atoms with van der Waals surface area (Å²) in [6.45, 7) is 4.85. The Labute approximate surface area is 199 Å². The Morgan fingerprint density at radius 1 is 0.882 bits per heavy atom. The molecule has 6 nitrogen and oxygen atoms in total. The maximum absolute atomic E-state index is 14.1. The van der Waals surface area contributed by atoms with E-state index < -0.39 is 0 Å². The Morgan fingerprint density at radius 3 is 2.29 bits per heavy atom. The average molecular weight is 465 g/mol. The second kappa shape index (κ2) is 10.9. The highest BCUT2D eigenvalue weighted by Gasteiger charge is 2.24. The number of halogens is 1. The molecule has 1 aliphatic heterocycles. The van der Waals surface area contributed by atoms with Gasteiger partial charge in [-0.15, -0.1) is 0 Å². The van der Waals surface area contributed by atoms with Gasteiger partial charge < -0.3 is 24.0 Å². The van der Waals surface area contributed by atoms with E-state index >= 15 is 0 Å². The lowest BCUT2D eigenvalue weighted by Crippen LogP contribution is -2.49. The van der Waals surface area contributed by atoms with E-state index in [1.807, 2.05) is 54.3 Å². The zero-order chi connectivity index (χ0) is 23.9. The molecule has 0 unspecified atom stereocenters. The van der Waals surface area contributed by atoms with Crippen molar-refractivity contribution < 1.29 is 23.4 Å². The van der Waals surface area contributed by atoms with E-state index in [1.165, 1.54) is 6.07 Å². The molecule has 1 aliphatic rings. The Bertz CT molecular complexity index is 1130. The molecule has 0 N–H and O–H groups in total. The van der Waals surface area contributed by atoms with Crippen LogP contribution in [0.3, 0.4) is 0 Å². The van der Waals surface area contributed by atoms with Crippen LogP contribution in [0.15, 0.2) is 66.7 Å². The van der Waals surface area contributed by atoms with Crippen LogP contribution in [0.4, 0.5) is 10.1 Å². The molecular formula is C27H29FN2O4. The number of hydrogen-bond acceptors (Lipinski definition) is 5. The summed E-state index contributed by atoms with van der Waals surface area (Å²) in [7, 11) is 1.60. The van der Waals surface area contributed by atoms with Crippen molar-refractivity contribution in [1.29, 1.82) is 0 Å². The van der Waals surface area contributed by atoms with E-state index in [-0.39, 0.29) is 18.3 Å². The van der Waals surface area contributed by atoms with Gasteiger partial charge in [0.05, 0.1) is 19.4 Å². The fourth-order valence-electron chi connectivity index (χ4n) is 4.06. The zero-order valence-corrected chi connectivity index (χ0v) is 19.5. The average Bonchev–Trinajstić information content (AvgIpc) is 2.88. The van der Waals surface area contributed by atoms with Crippen LogP contribution in [-0.4, -0.2) is 50.7 Å². The van der Waals surface area contributed by atoms with Gasteiger partial charge >= 0.3 is 0 Å². The van der Waals surface area contributed by atoms with Crippen molar-refractivity contribution in [1.82, 2.24) is 4.90 Å². The molecule has 4 rings (SSSR count). The molecule has 3 aromatic rings. The van der Waals surface area contributed by atoms with Crippen LogP contribution in [0, 0.1) is 5.82 Å². The fourth-order valence-corrected chi connectivity index (χ4v) is 4.06. The molecule has 34 heavy (non-hydrogen) atoms. The van der Waals surface area contributed by atoms with Crippen molar-refractivity contribution in [3.8, 4) is 17.2 Å². The molecule has 7 heteroatoms. The third kappa shape index (κ3) is 5.25. The van der Waals surface area contributed by atoms with Crippen LogP contribution in [0.5, 0.6) is 17.2 Å². The molecule has 0 radical (unpaired) electrons. The number of rotatable bonds is 8. The Hall–Kier alpha value is -3.74. The monoisotopic (exact) mass is 464 g/mol. The molecular weight excluding hydrogens is 435 g/mol. The first kappa shape index (κ1) is 23.4. The topological polar surface area (TPSA) is 51.2 Å². The van der Waals surface area contributed by atoms with E-state index in [9.17, 15) is 9.18 Å². The van der Waals surface area contributed by atoms with Crippen molar-refractivity contribution in [2.24, 2.45) is 0 Å². The Balaban J connectivity index is 1.46. The van der Waals surface area contributed by atoms with Gasteiger partial charge in [0.25, 0.3) is 5.91 Å². The lowest BCUT2D eigenvalue weighted by atomic mass is 10.1. The third-order valence-electron chi connectivity index (χ3n) is 5.82. The SMILES string of the molecule is CCOc1ccc(C(=O)N2CCN(c3ccccc3F)CC2)cc1COc1ccccc1OC. The summed E-state index contributed by atoms with van der Waals surface area (Å²) in [5.74, 6) is 1.63. The molecule has 0 bridgehead atoms. The molecule has 3 aromatic carbocycles. The summed E-state index contributed by atoms with van der Waals surface area (Å²) in [6, 6.07) is 19.6. The molecule has 0 aliphatic carbocycles. The lowest BCUT2D eigenvalue weighted by molar-refractivity contribution is 0.0746. The summed E-state index contributed by atoms with van der Waals surface area (Å²) in [5.41, 5.74) is 1.93. The highest BCUT2D eigenvalue weighted by atomic mass is 19.1. The van der Waals surface area contributed by atoms with Gasteiger partial charge in [-0.2, -0.15) is 0 Å². The van der Waals surface area contributed by atoms with Gasteiger partial charge in [-0.05, 0) is 49.4 Å². The highest BCUT2D eigenvalue weighted by Crippen LogP contribution is 2.29. The number of para-hydroxylation sites is 3. The second-order valence-corrected chi connectivity index (χ2v) is 7.93. The number of anilines is 1. The van der Waals surface area contributed by atoms with E-state index in [0.717, 1.165) is 5.56 Å². The van der Waals surface area contributed by atoms with E-state index in [0.29, 0.717) is 61.3 Å². The molecule has 0 atom stereocenters. The normalized spacial score (nSPS) is 13.5. The number of ether oxygens (including phenoxy) is 3. The number of carbonyl (C=O) groups is 1. The molecule has 0 saturated carbocycles. The minimum Gasteiger partial charge on any atom is -0.493 e. The fraction of sp³-hybridized carbons (Fsp3) is 0.296. The predicted octanol–water partition coefficient (Wildman–Crippen LogP) is 4.77. The van der Waals surface area contributed by atoms with Crippen LogP contribution in [0.2, 0.25) is 0 Å². The van der Waals surface area contributed by atoms with Crippen LogP contribution >= 0.6 is 0 Å². The maximum atomic E-state index is 14.1. The molecule has 0 aromatic heterocycles. The highest BCUT2D eigenvalue weighted by molar-refractivity contribution is 5.94. The first-order chi connectivity index (χ1) is 16.6. The standard InChI is InChI=1S/C27H29FN2O4/c1-3-33-24-13-12-20(18-21(24)19-34-26-11-7-6-10-25(26)32-2)27(31)30-16-14-29(15-17-30)23-9-5-4-8-22(23)28/h4-13,18H,3,14-17,19H2,1-2H3. The van der Waals surface area contributed by atoms with Crippen LogP contribution in [-0.2, 0) is 6.61 Å². The van der Waals surface area contributed by atoms with E-state index in [2.05, 4.69) is 0 Å². The molecule has 1 heterocycles. The number of piperazine rings is 1. The zero-order valence-electron chi connectivity index (χ0n) is 19.5. The first-order valence-electron chi connectivity index (χ1n) is 11.4. The van der Waals surface area contributed by atoms with Crippen molar-refractivity contribution in [3.05, 3.63) is 83.7 Å². The third-order valence-corrected chi connectivity index (χ3v) is 5.82. The van der Waals surface area contributed by atoms with Crippen molar-refractivity contribution >= 4 is 11.6 Å². The summed E-state index contributed by atoms with van der Waals surface area (Å²) in [6.07, 6.45) is 0. The largest absolute Gasteiger partial charge is 0.493 e. The smallest absolute Gasteiger partial charge is 0.253 e. The van der Waals surface area contributed by atoms with E-state index in [4.69, 9.17) is 14.2 Å². The van der Waals surface area contributed by atoms with Crippen LogP contribution in [0.25, 0.3) is 0 Å². The number of nitrogens with zero attached hydrogens (tertiary/aromatic N) is 2. The number of methoxy groups -OCH3 is 1. The van der Waals surface area contributed by atoms with Gasteiger partial charge in [0.1, 0.15) is 18.2 Å². The lowest BCUT2D eigenvalue weighted by Gasteiger charge is -2.36. The van der Waals surface area contributed by atoms with E-state index in [1.54, 1.807) is 30.2 Å². The van der Waals surface area contributed by atoms with Crippen LogP contribution in [0.1, 0.15) is 22.8 Å². The van der Waals surface area contributed by atoms with Gasteiger partial charge in [0.2, 0.25) is 0 Å². The molecule has 1 saturated heterocycles. The summed E-state index contributed by atoms with van der Waals surface area (Å²) < 4.78 is 31.2. The quantitative estimate of drug-likeness (QED) is 0.481. The maximum Gasteiger partial charge on any atom is 0.253 e. The van der Waals surface area contributed by atoms with Crippen molar-refractivity contribution in [2.45, 2.75) is 13.5 Å². The minimum absolute atomic E-state index is 0.0604. The summed E-state index contributed by atoms with van der Waals surface area (Å²) >= 11 is 0. The van der Waals surface area contributed by atoms with Crippen LogP contribution < -0.4 is 19.1 Å².